The van der Waals surface area contributed by atoms with Crippen LogP contribution < -0.4 is 0 Å². The lowest BCUT2D eigenvalue weighted by Gasteiger charge is -2.25. The van der Waals surface area contributed by atoms with Gasteiger partial charge in [-0.25, -0.2) is 0 Å². The molecule has 2 nitrogen and oxygen atoms in total. The fourth-order valence-electron chi connectivity index (χ4n) is 2.32. The minimum Gasteiger partial charge on any atom is -0.344 e. The predicted molar refractivity (Wildman–Crippen MR) is 64.1 cm³/mol. The third-order valence-corrected chi connectivity index (χ3v) is 3.37. The summed E-state index contributed by atoms with van der Waals surface area (Å²) < 4.78 is 12.1. The van der Waals surface area contributed by atoms with Gasteiger partial charge in [-0.3, -0.25) is 0 Å². The highest BCUT2D eigenvalue weighted by atomic mass is 16.8. The summed E-state index contributed by atoms with van der Waals surface area (Å²) in [6, 6.07) is 10.3. The number of ether oxygens (including phenoxy) is 2. The van der Waals surface area contributed by atoms with Crippen molar-refractivity contribution in [1.82, 2.24) is 0 Å². The third-order valence-electron chi connectivity index (χ3n) is 3.37. The van der Waals surface area contributed by atoms with Gasteiger partial charge in [0.25, 0.3) is 0 Å². The van der Waals surface area contributed by atoms with Crippen molar-refractivity contribution >= 4 is 0 Å². The van der Waals surface area contributed by atoms with E-state index in [9.17, 15) is 0 Å². The van der Waals surface area contributed by atoms with Crippen LogP contribution in [0.15, 0.2) is 30.3 Å². The molecule has 0 N–H and O–H groups in total. The van der Waals surface area contributed by atoms with Gasteiger partial charge < -0.3 is 9.47 Å². The van der Waals surface area contributed by atoms with Crippen molar-refractivity contribution < 1.29 is 9.47 Å². The number of hydrogen-bond acceptors (Lipinski definition) is 2. The molecule has 0 saturated carbocycles. The molecule has 1 fully saturated rings. The van der Waals surface area contributed by atoms with Gasteiger partial charge in [-0.2, -0.15) is 0 Å². The molecule has 0 bridgehead atoms. The van der Waals surface area contributed by atoms with Crippen LogP contribution in [0, 0.1) is 0 Å². The third kappa shape index (κ3) is 2.00. The van der Waals surface area contributed by atoms with Crippen LogP contribution >= 0.6 is 0 Å². The molecule has 2 atom stereocenters. The van der Waals surface area contributed by atoms with Gasteiger partial charge >= 0.3 is 0 Å². The Hall–Kier alpha value is -0.860. The largest absolute Gasteiger partial charge is 0.344 e. The maximum Gasteiger partial charge on any atom is 0.169 e. The molecule has 1 aliphatic rings. The monoisotopic (exact) mass is 220 g/mol. The van der Waals surface area contributed by atoms with Crippen molar-refractivity contribution in [3.05, 3.63) is 35.9 Å². The van der Waals surface area contributed by atoms with Gasteiger partial charge in [0.2, 0.25) is 0 Å². The second-order valence-corrected chi connectivity index (χ2v) is 4.39. The molecule has 0 amide bonds. The molecule has 88 valence electrons. The molecule has 0 aromatic heterocycles. The van der Waals surface area contributed by atoms with Gasteiger partial charge in [0.05, 0.1) is 6.10 Å². The van der Waals surface area contributed by atoms with E-state index in [4.69, 9.17) is 9.47 Å². The highest BCUT2D eigenvalue weighted by Crippen LogP contribution is 2.41. The summed E-state index contributed by atoms with van der Waals surface area (Å²) in [7, 11) is 0. The van der Waals surface area contributed by atoms with Gasteiger partial charge in [0.15, 0.2) is 5.79 Å². The molecule has 0 aliphatic carbocycles. The maximum atomic E-state index is 6.12. The minimum absolute atomic E-state index is 0.0705. The van der Waals surface area contributed by atoms with Crippen molar-refractivity contribution in [1.29, 1.82) is 0 Å². The van der Waals surface area contributed by atoms with Gasteiger partial charge in [0.1, 0.15) is 6.10 Å². The Morgan fingerprint density at radius 3 is 2.19 bits per heavy atom. The van der Waals surface area contributed by atoms with Gasteiger partial charge in [-0.05, 0) is 25.3 Å². The van der Waals surface area contributed by atoms with Crippen LogP contribution in [-0.2, 0) is 9.47 Å². The molecular formula is C14H20O2. The average molecular weight is 220 g/mol. The Labute approximate surface area is 97.6 Å². The second kappa shape index (κ2) is 4.56. The van der Waals surface area contributed by atoms with Crippen molar-refractivity contribution in [3.8, 4) is 0 Å². The normalized spacial score (nSPS) is 28.2. The summed E-state index contributed by atoms with van der Waals surface area (Å²) in [5.74, 6) is -0.375. The molecule has 1 aromatic rings. The topological polar surface area (TPSA) is 18.5 Å². The smallest absolute Gasteiger partial charge is 0.169 e. The Balaban J connectivity index is 2.20. The predicted octanol–water partition coefficient (Wildman–Crippen LogP) is 3.68. The molecule has 2 heteroatoms. The van der Waals surface area contributed by atoms with E-state index in [0.29, 0.717) is 0 Å². The lowest BCUT2D eigenvalue weighted by atomic mass is 10.1. The first-order valence-electron chi connectivity index (χ1n) is 6.11. The van der Waals surface area contributed by atoms with E-state index in [2.05, 4.69) is 32.9 Å². The first-order chi connectivity index (χ1) is 7.71. The average Bonchev–Trinajstić information content (AvgIpc) is 2.69. The summed E-state index contributed by atoms with van der Waals surface area (Å²) in [4.78, 5) is 0. The molecule has 1 aliphatic heterocycles. The Kier molecular flexibility index (Phi) is 3.31. The molecule has 16 heavy (non-hydrogen) atoms. The SMILES string of the molecule is CCC1(CC)O[C@H](c2ccccc2)[C@@H](C)O1. The van der Waals surface area contributed by atoms with Crippen LogP contribution in [0.1, 0.15) is 45.3 Å². The molecule has 1 aromatic carbocycles. The van der Waals surface area contributed by atoms with Crippen LogP contribution in [0.4, 0.5) is 0 Å². The van der Waals surface area contributed by atoms with Crippen molar-refractivity contribution in [3.63, 3.8) is 0 Å². The Morgan fingerprint density at radius 1 is 1.06 bits per heavy atom. The van der Waals surface area contributed by atoms with Gasteiger partial charge in [-0.1, -0.05) is 44.2 Å². The summed E-state index contributed by atoms with van der Waals surface area (Å²) in [6.45, 7) is 6.32. The summed E-state index contributed by atoms with van der Waals surface area (Å²) in [5, 5.41) is 0. The second-order valence-electron chi connectivity index (χ2n) is 4.39. The zero-order chi connectivity index (χ0) is 11.6. The number of rotatable bonds is 3. The van der Waals surface area contributed by atoms with Crippen molar-refractivity contribution in [2.75, 3.05) is 0 Å². The highest BCUT2D eigenvalue weighted by Gasteiger charge is 2.43. The molecule has 2 rings (SSSR count). The van der Waals surface area contributed by atoms with E-state index in [1.807, 2.05) is 18.2 Å². The van der Waals surface area contributed by atoms with Crippen LogP contribution in [-0.4, -0.2) is 11.9 Å². The lowest BCUT2D eigenvalue weighted by molar-refractivity contribution is -0.178. The highest BCUT2D eigenvalue weighted by molar-refractivity contribution is 5.19. The van der Waals surface area contributed by atoms with E-state index in [1.54, 1.807) is 0 Å². The maximum absolute atomic E-state index is 6.12. The van der Waals surface area contributed by atoms with E-state index in [-0.39, 0.29) is 18.0 Å². The van der Waals surface area contributed by atoms with Gasteiger partial charge in [0, 0.05) is 0 Å². The molecule has 0 unspecified atom stereocenters. The molecule has 0 radical (unpaired) electrons. The van der Waals surface area contributed by atoms with Crippen LogP contribution in [0.5, 0.6) is 0 Å². The molecule has 0 spiro atoms. The van der Waals surface area contributed by atoms with Crippen molar-refractivity contribution in [2.45, 2.75) is 51.6 Å². The quantitative estimate of drug-likeness (QED) is 0.773. The molecule has 1 saturated heterocycles. The zero-order valence-corrected chi connectivity index (χ0v) is 10.3. The van der Waals surface area contributed by atoms with E-state index in [0.717, 1.165) is 12.8 Å². The lowest BCUT2D eigenvalue weighted by Crippen LogP contribution is -2.28. The minimum atomic E-state index is -0.375. The van der Waals surface area contributed by atoms with E-state index in [1.165, 1.54) is 5.56 Å². The number of benzene rings is 1. The summed E-state index contributed by atoms with van der Waals surface area (Å²) in [6.07, 6.45) is 2.00. The fraction of sp³-hybridized carbons (Fsp3) is 0.571. The summed E-state index contributed by atoms with van der Waals surface area (Å²) in [5.41, 5.74) is 1.21. The standard InChI is InChI=1S/C14H20O2/c1-4-14(5-2)15-11(3)13(16-14)12-9-7-6-8-10-12/h6-11,13H,4-5H2,1-3H3/t11-,13+/m1/s1. The van der Waals surface area contributed by atoms with Crippen molar-refractivity contribution in [2.24, 2.45) is 0 Å². The first-order valence-corrected chi connectivity index (χ1v) is 6.11. The first kappa shape index (κ1) is 11.6. The van der Waals surface area contributed by atoms with Crippen LogP contribution in [0.2, 0.25) is 0 Å². The number of hydrogen-bond donors (Lipinski definition) is 0. The molecular weight excluding hydrogens is 200 g/mol. The zero-order valence-electron chi connectivity index (χ0n) is 10.3. The Morgan fingerprint density at radius 2 is 1.69 bits per heavy atom. The van der Waals surface area contributed by atoms with E-state index < -0.39 is 0 Å². The summed E-state index contributed by atoms with van der Waals surface area (Å²) >= 11 is 0. The van der Waals surface area contributed by atoms with Gasteiger partial charge in [-0.15, -0.1) is 0 Å². The van der Waals surface area contributed by atoms with E-state index >= 15 is 0 Å². The van der Waals surface area contributed by atoms with Crippen LogP contribution in [0.25, 0.3) is 0 Å². The molecule has 1 heterocycles. The Bertz CT molecular complexity index is 330. The fourth-order valence-corrected chi connectivity index (χ4v) is 2.32. The van der Waals surface area contributed by atoms with Crippen LogP contribution in [0.3, 0.4) is 0 Å².